The van der Waals surface area contributed by atoms with Crippen LogP contribution in [0.25, 0.3) is 33.1 Å². The number of Topliss-reactive ketones (excluding diaryl/α,β-unsaturated/α-hetero) is 1. The molecular formula is C39H38N2O6. The van der Waals surface area contributed by atoms with Gasteiger partial charge in [0.15, 0.2) is 5.78 Å². The summed E-state index contributed by atoms with van der Waals surface area (Å²) in [5.74, 6) is 1.79. The topological polar surface area (TPSA) is 99.8 Å². The number of hydrogen-bond donors (Lipinski definition) is 1. The zero-order valence-electron chi connectivity index (χ0n) is 26.6. The van der Waals surface area contributed by atoms with E-state index in [1.54, 1.807) is 19.2 Å². The zero-order chi connectivity index (χ0) is 32.1. The molecule has 8 nitrogen and oxygen atoms in total. The number of benzene rings is 3. The summed E-state index contributed by atoms with van der Waals surface area (Å²) in [5.41, 5.74) is 5.18. The van der Waals surface area contributed by atoms with Crippen LogP contribution in [-0.2, 0) is 17.8 Å². The van der Waals surface area contributed by atoms with Crippen molar-refractivity contribution in [2.24, 2.45) is 0 Å². The Morgan fingerprint density at radius 2 is 1.81 bits per heavy atom. The molecule has 3 aromatic carbocycles. The van der Waals surface area contributed by atoms with Gasteiger partial charge in [-0.05, 0) is 91.6 Å². The number of rotatable bonds is 7. The maximum Gasteiger partial charge on any atom is 0.336 e. The van der Waals surface area contributed by atoms with Gasteiger partial charge in [-0.25, -0.2) is 4.79 Å². The van der Waals surface area contributed by atoms with Crippen molar-refractivity contribution >= 4 is 33.6 Å². The van der Waals surface area contributed by atoms with E-state index < -0.39 is 11.2 Å². The second-order valence-corrected chi connectivity index (χ2v) is 13.3. The summed E-state index contributed by atoms with van der Waals surface area (Å²) >= 11 is 0. The number of carbonyl (C=O) groups is 2. The fourth-order valence-corrected chi connectivity index (χ4v) is 7.92. The van der Waals surface area contributed by atoms with Crippen LogP contribution in [0.15, 0.2) is 75.9 Å². The zero-order valence-corrected chi connectivity index (χ0v) is 26.6. The Labute approximate surface area is 272 Å². The minimum absolute atomic E-state index is 0.00441. The summed E-state index contributed by atoms with van der Waals surface area (Å²) in [6.07, 6.45) is 8.31. The van der Waals surface area contributed by atoms with Crippen LogP contribution in [0.4, 0.5) is 0 Å². The fraction of sp³-hybridized carbons (Fsp3) is 0.359. The SMILES string of the molecule is COc1ccc2c(c1)OCCn1c-2c(C2CCCCC2)c2ccc(C(=O)NC3(C(=O)Cc4ccc5oc(=O)ccc5c4)CCC3)cc21. The number of methoxy groups -OCH3 is 1. The second kappa shape index (κ2) is 11.7. The molecule has 0 unspecified atom stereocenters. The molecule has 0 atom stereocenters. The number of carbonyl (C=O) groups excluding carboxylic acids is 2. The molecular weight excluding hydrogens is 592 g/mol. The average Bonchev–Trinajstić information content (AvgIpc) is 3.27. The third-order valence-electron chi connectivity index (χ3n) is 10.5. The van der Waals surface area contributed by atoms with E-state index in [2.05, 4.69) is 22.0 Å². The van der Waals surface area contributed by atoms with Gasteiger partial charge in [-0.2, -0.15) is 0 Å². The second-order valence-electron chi connectivity index (χ2n) is 13.3. The maximum absolute atomic E-state index is 13.9. The number of fused-ring (bicyclic) bond motifs is 6. The van der Waals surface area contributed by atoms with Gasteiger partial charge in [0.2, 0.25) is 0 Å². The molecule has 1 aliphatic heterocycles. The third kappa shape index (κ3) is 5.20. The van der Waals surface area contributed by atoms with Crippen molar-refractivity contribution in [3.63, 3.8) is 0 Å². The van der Waals surface area contributed by atoms with Gasteiger partial charge in [-0.3, -0.25) is 9.59 Å². The Morgan fingerprint density at radius 1 is 0.957 bits per heavy atom. The number of nitrogens with zero attached hydrogens (tertiary/aromatic N) is 1. The highest BCUT2D eigenvalue weighted by Gasteiger charge is 2.45. The molecule has 5 aromatic rings. The standard InChI is InChI=1S/C39H38N2O6/c1-45-28-11-13-30-33(23-28)46-19-18-41-31-22-27(9-12-29(31)36(37(30)41)25-6-3-2-4-7-25)38(44)40-39(16-5-17-39)34(42)21-24-8-14-32-26(20-24)10-15-35(43)47-32/h8-15,20,22-23,25H,2-7,16-19,21H2,1H3,(H,40,44). The summed E-state index contributed by atoms with van der Waals surface area (Å²) in [6, 6.07) is 20.6. The number of aromatic nitrogens is 1. The van der Waals surface area contributed by atoms with Crippen molar-refractivity contribution in [2.75, 3.05) is 13.7 Å². The van der Waals surface area contributed by atoms with Crippen molar-refractivity contribution in [1.29, 1.82) is 0 Å². The van der Waals surface area contributed by atoms with E-state index in [1.807, 2.05) is 36.4 Å². The molecule has 2 saturated carbocycles. The lowest BCUT2D eigenvalue weighted by Crippen LogP contribution is -2.59. The molecule has 47 heavy (non-hydrogen) atoms. The Bertz CT molecular complexity index is 2100. The molecule has 240 valence electrons. The first kappa shape index (κ1) is 29.5. The lowest BCUT2D eigenvalue weighted by atomic mass is 9.72. The fourth-order valence-electron chi connectivity index (χ4n) is 7.92. The minimum Gasteiger partial charge on any atom is -0.497 e. The molecule has 3 aliphatic rings. The Kier molecular flexibility index (Phi) is 7.38. The van der Waals surface area contributed by atoms with E-state index >= 15 is 0 Å². The highest BCUT2D eigenvalue weighted by Crippen LogP contribution is 2.48. The highest BCUT2D eigenvalue weighted by molar-refractivity contribution is 6.04. The first-order valence-electron chi connectivity index (χ1n) is 16.8. The molecule has 8 heteroatoms. The van der Waals surface area contributed by atoms with E-state index in [0.717, 1.165) is 52.8 Å². The van der Waals surface area contributed by atoms with E-state index in [1.165, 1.54) is 42.0 Å². The monoisotopic (exact) mass is 630 g/mol. The minimum atomic E-state index is -0.889. The molecule has 3 heterocycles. The molecule has 1 amide bonds. The van der Waals surface area contributed by atoms with Gasteiger partial charge in [-0.1, -0.05) is 31.4 Å². The van der Waals surface area contributed by atoms with Crippen LogP contribution in [0.2, 0.25) is 0 Å². The van der Waals surface area contributed by atoms with Crippen molar-refractivity contribution in [3.8, 4) is 22.8 Å². The largest absolute Gasteiger partial charge is 0.497 e. The van der Waals surface area contributed by atoms with Crippen LogP contribution >= 0.6 is 0 Å². The van der Waals surface area contributed by atoms with Crippen LogP contribution < -0.4 is 20.4 Å². The molecule has 1 N–H and O–H groups in total. The summed E-state index contributed by atoms with van der Waals surface area (Å²) in [6.45, 7) is 1.17. The number of hydrogen-bond acceptors (Lipinski definition) is 6. The average molecular weight is 631 g/mol. The van der Waals surface area contributed by atoms with Crippen LogP contribution in [0.5, 0.6) is 11.5 Å². The smallest absolute Gasteiger partial charge is 0.336 e. The molecule has 2 aromatic heterocycles. The summed E-state index contributed by atoms with van der Waals surface area (Å²) < 4.78 is 19.3. The van der Waals surface area contributed by atoms with Gasteiger partial charge >= 0.3 is 5.63 Å². The van der Waals surface area contributed by atoms with Crippen molar-refractivity contribution in [2.45, 2.75) is 75.8 Å². The predicted octanol–water partition coefficient (Wildman–Crippen LogP) is 7.33. The molecule has 0 spiro atoms. The molecule has 2 aliphatic carbocycles. The summed E-state index contributed by atoms with van der Waals surface area (Å²) in [5, 5.41) is 5.12. The van der Waals surface area contributed by atoms with Gasteiger partial charge < -0.3 is 23.8 Å². The number of ether oxygens (including phenoxy) is 2. The number of amides is 1. The lowest BCUT2D eigenvalue weighted by molar-refractivity contribution is -0.127. The van der Waals surface area contributed by atoms with E-state index in [0.29, 0.717) is 43.1 Å². The Morgan fingerprint density at radius 3 is 2.60 bits per heavy atom. The molecule has 0 bridgehead atoms. The van der Waals surface area contributed by atoms with Crippen molar-refractivity contribution < 1.29 is 23.5 Å². The van der Waals surface area contributed by atoms with Gasteiger partial charge in [-0.15, -0.1) is 0 Å². The van der Waals surface area contributed by atoms with Crippen LogP contribution in [0.3, 0.4) is 0 Å². The number of nitrogens with one attached hydrogen (secondary N) is 1. The normalized spacial score (nSPS) is 17.2. The van der Waals surface area contributed by atoms with E-state index in [9.17, 15) is 14.4 Å². The van der Waals surface area contributed by atoms with Gasteiger partial charge in [0.25, 0.3) is 5.91 Å². The van der Waals surface area contributed by atoms with Gasteiger partial charge in [0, 0.05) is 46.0 Å². The highest BCUT2D eigenvalue weighted by atomic mass is 16.5. The molecule has 8 rings (SSSR count). The molecule has 0 radical (unpaired) electrons. The first-order valence-corrected chi connectivity index (χ1v) is 16.8. The van der Waals surface area contributed by atoms with E-state index in [4.69, 9.17) is 13.9 Å². The van der Waals surface area contributed by atoms with Crippen molar-refractivity contribution in [1.82, 2.24) is 9.88 Å². The Balaban J connectivity index is 1.13. The maximum atomic E-state index is 13.9. The molecule has 2 fully saturated rings. The van der Waals surface area contributed by atoms with Crippen molar-refractivity contribution in [3.05, 3.63) is 93.8 Å². The van der Waals surface area contributed by atoms with Crippen LogP contribution in [-0.4, -0.2) is 35.5 Å². The van der Waals surface area contributed by atoms with Gasteiger partial charge in [0.1, 0.15) is 23.7 Å². The quantitative estimate of drug-likeness (QED) is 0.189. The summed E-state index contributed by atoms with van der Waals surface area (Å²) in [7, 11) is 1.67. The van der Waals surface area contributed by atoms with E-state index in [-0.39, 0.29) is 18.1 Å². The van der Waals surface area contributed by atoms with Gasteiger partial charge in [0.05, 0.1) is 24.9 Å². The Hall–Kier alpha value is -4.85. The van der Waals surface area contributed by atoms with Crippen LogP contribution in [0.1, 0.15) is 78.8 Å². The molecule has 0 saturated heterocycles. The first-order chi connectivity index (χ1) is 22.9. The summed E-state index contributed by atoms with van der Waals surface area (Å²) in [4.78, 5) is 39.2. The third-order valence-corrected chi connectivity index (χ3v) is 10.5. The number of ketones is 1. The lowest BCUT2D eigenvalue weighted by Gasteiger charge is -2.41. The van der Waals surface area contributed by atoms with Crippen LogP contribution in [0, 0.1) is 0 Å². The predicted molar refractivity (Wildman–Crippen MR) is 180 cm³/mol.